The molecular formula is C13H19FN2O3. The summed E-state index contributed by atoms with van der Waals surface area (Å²) in [5, 5.41) is 23.7. The molecular weight excluding hydrogens is 251 g/mol. The van der Waals surface area contributed by atoms with Crippen LogP contribution in [0.1, 0.15) is 33.3 Å². The van der Waals surface area contributed by atoms with Gasteiger partial charge in [-0.05, 0) is 39.3 Å². The van der Waals surface area contributed by atoms with Crippen LogP contribution in [0.15, 0.2) is 18.2 Å². The van der Waals surface area contributed by atoms with Gasteiger partial charge in [0.05, 0.1) is 16.6 Å². The molecule has 2 N–H and O–H groups in total. The largest absolute Gasteiger partial charge is 0.389 e. The van der Waals surface area contributed by atoms with Crippen molar-refractivity contribution in [3.05, 3.63) is 39.7 Å². The summed E-state index contributed by atoms with van der Waals surface area (Å²) in [6, 6.07) is 3.43. The lowest BCUT2D eigenvalue weighted by molar-refractivity contribution is -0.385. The second-order valence-corrected chi connectivity index (χ2v) is 5.61. The van der Waals surface area contributed by atoms with Crippen molar-refractivity contribution < 1.29 is 14.4 Å². The van der Waals surface area contributed by atoms with Crippen LogP contribution in [0.5, 0.6) is 0 Å². The lowest BCUT2D eigenvalue weighted by Crippen LogP contribution is -2.55. The number of nitrogens with one attached hydrogen (secondary N) is 1. The number of hydrogen-bond acceptors (Lipinski definition) is 4. The highest BCUT2D eigenvalue weighted by atomic mass is 19.1. The quantitative estimate of drug-likeness (QED) is 0.636. The summed E-state index contributed by atoms with van der Waals surface area (Å²) in [5.41, 5.74) is -1.41. The number of benzene rings is 1. The zero-order chi connectivity index (χ0) is 14.8. The van der Waals surface area contributed by atoms with E-state index in [1.165, 1.54) is 12.1 Å². The van der Waals surface area contributed by atoms with E-state index in [1.807, 2.05) is 0 Å². The zero-order valence-electron chi connectivity index (χ0n) is 11.5. The maximum absolute atomic E-state index is 13.3. The van der Waals surface area contributed by atoms with E-state index in [9.17, 15) is 19.6 Å². The predicted octanol–water partition coefficient (Wildman–Crippen LogP) is 2.37. The maximum atomic E-state index is 13.3. The van der Waals surface area contributed by atoms with Gasteiger partial charge in [-0.2, -0.15) is 0 Å². The van der Waals surface area contributed by atoms with Gasteiger partial charge in [-0.1, -0.05) is 0 Å². The Hall–Kier alpha value is -1.53. The molecule has 0 saturated carbocycles. The van der Waals surface area contributed by atoms with Gasteiger partial charge in [-0.25, -0.2) is 4.39 Å². The molecule has 0 spiro atoms. The summed E-state index contributed by atoms with van der Waals surface area (Å²) in [6.45, 7) is 7.17. The molecule has 106 valence electrons. The van der Waals surface area contributed by atoms with Crippen LogP contribution < -0.4 is 5.32 Å². The number of aliphatic hydroxyl groups is 1. The lowest BCUT2D eigenvalue weighted by atomic mass is 9.86. The molecule has 0 aliphatic heterocycles. The number of non-ortho nitro benzene ring substituents is 1. The third-order valence-electron chi connectivity index (χ3n) is 3.42. The Balaban J connectivity index is 2.87. The zero-order valence-corrected chi connectivity index (χ0v) is 11.5. The van der Waals surface area contributed by atoms with Gasteiger partial charge in [-0.3, -0.25) is 10.1 Å². The third-order valence-corrected chi connectivity index (χ3v) is 3.42. The van der Waals surface area contributed by atoms with E-state index in [4.69, 9.17) is 0 Å². The third kappa shape index (κ3) is 3.97. The maximum Gasteiger partial charge on any atom is 0.272 e. The summed E-state index contributed by atoms with van der Waals surface area (Å²) < 4.78 is 13.3. The minimum absolute atomic E-state index is 0.232. The molecule has 0 unspecified atom stereocenters. The van der Waals surface area contributed by atoms with Crippen LogP contribution in [-0.4, -0.2) is 21.2 Å². The second kappa shape index (κ2) is 5.22. The minimum Gasteiger partial charge on any atom is -0.389 e. The Labute approximate surface area is 111 Å². The van der Waals surface area contributed by atoms with E-state index >= 15 is 0 Å². The first-order chi connectivity index (χ1) is 8.53. The molecule has 0 saturated heterocycles. The fraction of sp³-hybridized carbons (Fsp3) is 0.538. The molecule has 6 heteroatoms. The number of halogens is 1. The van der Waals surface area contributed by atoms with Gasteiger partial charge >= 0.3 is 0 Å². The highest BCUT2D eigenvalue weighted by molar-refractivity contribution is 5.35. The van der Waals surface area contributed by atoms with Crippen molar-refractivity contribution in [2.75, 3.05) is 0 Å². The molecule has 0 heterocycles. The second-order valence-electron chi connectivity index (χ2n) is 5.61. The van der Waals surface area contributed by atoms with Gasteiger partial charge in [0.25, 0.3) is 5.69 Å². The highest BCUT2D eigenvalue weighted by Gasteiger charge is 2.34. The van der Waals surface area contributed by atoms with Gasteiger partial charge in [0.15, 0.2) is 0 Å². The molecule has 0 bridgehead atoms. The topological polar surface area (TPSA) is 75.4 Å². The molecule has 0 fully saturated rings. The van der Waals surface area contributed by atoms with Crippen LogP contribution in [0.25, 0.3) is 0 Å². The standard InChI is InChI=1S/C13H19FN2O3/c1-12(2,13(3,4)17)15-8-9-5-10(14)7-11(6-9)16(18)19/h5-7,15,17H,8H2,1-4H3. The molecule has 0 aliphatic carbocycles. The predicted molar refractivity (Wildman–Crippen MR) is 70.3 cm³/mol. The molecule has 0 amide bonds. The van der Waals surface area contributed by atoms with E-state index in [-0.39, 0.29) is 12.2 Å². The number of hydrogen-bond donors (Lipinski definition) is 2. The van der Waals surface area contributed by atoms with Crippen LogP contribution in [0.2, 0.25) is 0 Å². The van der Waals surface area contributed by atoms with Crippen molar-refractivity contribution in [3.63, 3.8) is 0 Å². The first kappa shape index (κ1) is 15.5. The molecule has 1 aromatic rings. The number of nitro groups is 1. The molecule has 1 rings (SSSR count). The fourth-order valence-electron chi connectivity index (χ4n) is 1.38. The van der Waals surface area contributed by atoms with Crippen LogP contribution in [0.4, 0.5) is 10.1 Å². The normalized spacial score (nSPS) is 12.5. The Morgan fingerprint density at radius 3 is 2.37 bits per heavy atom. The molecule has 0 atom stereocenters. The van der Waals surface area contributed by atoms with E-state index in [2.05, 4.69) is 5.32 Å². The van der Waals surface area contributed by atoms with Gasteiger partial charge in [0.1, 0.15) is 5.82 Å². The average molecular weight is 270 g/mol. The molecule has 1 aromatic carbocycles. The van der Waals surface area contributed by atoms with Crippen LogP contribution in [0.3, 0.4) is 0 Å². The van der Waals surface area contributed by atoms with Crippen molar-refractivity contribution in [2.24, 2.45) is 0 Å². The Kier molecular flexibility index (Phi) is 4.27. The van der Waals surface area contributed by atoms with Gasteiger partial charge in [0, 0.05) is 18.2 Å². The summed E-state index contributed by atoms with van der Waals surface area (Å²) in [4.78, 5) is 10.0. The van der Waals surface area contributed by atoms with Crippen molar-refractivity contribution in [1.29, 1.82) is 0 Å². The van der Waals surface area contributed by atoms with E-state index < -0.39 is 21.9 Å². The van der Waals surface area contributed by atoms with Crippen molar-refractivity contribution >= 4 is 5.69 Å². The number of nitrogens with zero attached hydrogens (tertiary/aromatic N) is 1. The van der Waals surface area contributed by atoms with Crippen molar-refractivity contribution in [1.82, 2.24) is 5.32 Å². The first-order valence-corrected chi connectivity index (χ1v) is 5.94. The molecule has 0 radical (unpaired) electrons. The Morgan fingerprint density at radius 1 is 1.32 bits per heavy atom. The monoisotopic (exact) mass is 270 g/mol. The number of nitro benzene ring substituents is 1. The van der Waals surface area contributed by atoms with E-state index in [0.29, 0.717) is 5.56 Å². The lowest BCUT2D eigenvalue weighted by Gasteiger charge is -2.38. The summed E-state index contributed by atoms with van der Waals surface area (Å²) in [7, 11) is 0. The van der Waals surface area contributed by atoms with Crippen LogP contribution >= 0.6 is 0 Å². The molecule has 0 aromatic heterocycles. The van der Waals surface area contributed by atoms with Gasteiger partial charge in [0.2, 0.25) is 0 Å². The van der Waals surface area contributed by atoms with E-state index in [1.54, 1.807) is 27.7 Å². The fourth-order valence-corrected chi connectivity index (χ4v) is 1.38. The van der Waals surface area contributed by atoms with E-state index in [0.717, 1.165) is 6.07 Å². The van der Waals surface area contributed by atoms with Gasteiger partial charge in [-0.15, -0.1) is 0 Å². The molecule has 5 nitrogen and oxygen atoms in total. The highest BCUT2D eigenvalue weighted by Crippen LogP contribution is 2.22. The summed E-state index contributed by atoms with van der Waals surface area (Å²) in [5.74, 6) is -0.646. The van der Waals surface area contributed by atoms with Crippen LogP contribution in [-0.2, 0) is 6.54 Å². The summed E-state index contributed by atoms with van der Waals surface area (Å²) >= 11 is 0. The Morgan fingerprint density at radius 2 is 1.89 bits per heavy atom. The smallest absolute Gasteiger partial charge is 0.272 e. The Bertz CT molecular complexity index is 481. The first-order valence-electron chi connectivity index (χ1n) is 5.94. The SMILES string of the molecule is CC(C)(O)C(C)(C)NCc1cc(F)cc([N+](=O)[O-])c1. The summed E-state index contributed by atoms with van der Waals surface area (Å²) in [6.07, 6.45) is 0. The van der Waals surface area contributed by atoms with Crippen molar-refractivity contribution in [2.45, 2.75) is 45.4 Å². The average Bonchev–Trinajstić information content (AvgIpc) is 2.24. The van der Waals surface area contributed by atoms with Crippen molar-refractivity contribution in [3.8, 4) is 0 Å². The molecule has 19 heavy (non-hydrogen) atoms. The van der Waals surface area contributed by atoms with Crippen LogP contribution in [0, 0.1) is 15.9 Å². The van der Waals surface area contributed by atoms with Gasteiger partial charge < -0.3 is 10.4 Å². The molecule has 0 aliphatic rings. The minimum atomic E-state index is -0.980. The number of rotatable bonds is 5.